The fourth-order valence-corrected chi connectivity index (χ4v) is 4.10. The number of guanidine groups is 1. The van der Waals surface area contributed by atoms with Crippen LogP contribution in [0.4, 0.5) is 0 Å². The van der Waals surface area contributed by atoms with Gasteiger partial charge in [0.05, 0.1) is 17.9 Å². The van der Waals surface area contributed by atoms with Gasteiger partial charge in [0.1, 0.15) is 0 Å². The zero-order valence-corrected chi connectivity index (χ0v) is 17.5. The molecule has 0 aromatic rings. The van der Waals surface area contributed by atoms with Crippen LogP contribution in [0.5, 0.6) is 0 Å². The summed E-state index contributed by atoms with van der Waals surface area (Å²) < 4.78 is 26.8. The van der Waals surface area contributed by atoms with Crippen LogP contribution in [0.25, 0.3) is 0 Å². The third-order valence-corrected chi connectivity index (χ3v) is 6.13. The van der Waals surface area contributed by atoms with Crippen molar-refractivity contribution in [3.63, 3.8) is 0 Å². The summed E-state index contributed by atoms with van der Waals surface area (Å²) >= 11 is 0. The molecule has 8 heteroatoms. The van der Waals surface area contributed by atoms with Gasteiger partial charge in [-0.1, -0.05) is 33.1 Å². The Hall–Kier alpha value is -0.860. The largest absolute Gasteiger partial charge is 0.388 e. The van der Waals surface area contributed by atoms with E-state index in [1.807, 2.05) is 6.92 Å². The molecule has 0 heterocycles. The van der Waals surface area contributed by atoms with Gasteiger partial charge >= 0.3 is 0 Å². The number of aliphatic hydroxyl groups is 1. The first-order chi connectivity index (χ1) is 12.3. The summed E-state index contributed by atoms with van der Waals surface area (Å²) in [7, 11) is -3.27. The Balaban J connectivity index is 2.47. The molecule has 1 rings (SSSR count). The van der Waals surface area contributed by atoms with Gasteiger partial charge in [0.15, 0.2) is 5.96 Å². The van der Waals surface area contributed by atoms with E-state index >= 15 is 0 Å². The summed E-state index contributed by atoms with van der Waals surface area (Å²) in [6.45, 7) is 7.89. The van der Waals surface area contributed by atoms with Crippen LogP contribution >= 0.6 is 0 Å². The molecule has 1 saturated carbocycles. The Bertz CT molecular complexity index is 513. The van der Waals surface area contributed by atoms with Crippen LogP contribution in [-0.4, -0.2) is 57.0 Å². The van der Waals surface area contributed by atoms with Crippen molar-refractivity contribution in [3.8, 4) is 0 Å². The number of hydrogen-bond acceptors (Lipinski definition) is 4. The quantitative estimate of drug-likeness (QED) is 0.282. The number of nitrogens with zero attached hydrogens (tertiary/aromatic N) is 1. The molecule has 7 nitrogen and oxygen atoms in total. The van der Waals surface area contributed by atoms with Crippen LogP contribution in [0.15, 0.2) is 4.99 Å². The van der Waals surface area contributed by atoms with Crippen LogP contribution in [0.2, 0.25) is 0 Å². The summed E-state index contributed by atoms with van der Waals surface area (Å²) in [4.78, 5) is 4.47. The second kappa shape index (κ2) is 11.8. The highest BCUT2D eigenvalue weighted by atomic mass is 32.2. The minimum absolute atomic E-state index is 0.0122. The normalized spacial score (nSPS) is 16.4. The van der Waals surface area contributed by atoms with Crippen molar-refractivity contribution >= 4 is 16.0 Å². The Kier molecular flexibility index (Phi) is 10.5. The minimum Gasteiger partial charge on any atom is -0.388 e. The van der Waals surface area contributed by atoms with Crippen molar-refractivity contribution in [1.29, 1.82) is 0 Å². The van der Waals surface area contributed by atoms with Gasteiger partial charge in [-0.3, -0.25) is 4.99 Å². The fourth-order valence-electron chi connectivity index (χ4n) is 3.10. The van der Waals surface area contributed by atoms with Gasteiger partial charge in [0, 0.05) is 19.6 Å². The van der Waals surface area contributed by atoms with Crippen LogP contribution in [0.1, 0.15) is 65.7 Å². The number of nitrogens with one attached hydrogen (secondary N) is 3. The first-order valence-electron chi connectivity index (χ1n) is 10.1. The zero-order valence-electron chi connectivity index (χ0n) is 16.7. The van der Waals surface area contributed by atoms with Gasteiger partial charge in [-0.2, -0.15) is 0 Å². The molecule has 1 fully saturated rings. The van der Waals surface area contributed by atoms with Gasteiger partial charge in [-0.15, -0.1) is 0 Å². The third kappa shape index (κ3) is 9.19. The molecule has 0 saturated heterocycles. The van der Waals surface area contributed by atoms with Gasteiger partial charge in [0.25, 0.3) is 0 Å². The topological polar surface area (TPSA) is 103 Å². The predicted molar refractivity (Wildman–Crippen MR) is 108 cm³/mol. The molecule has 154 valence electrons. The maximum Gasteiger partial charge on any atom is 0.213 e. The second-order valence-electron chi connectivity index (χ2n) is 7.31. The third-order valence-electron chi connectivity index (χ3n) is 4.79. The standard InChI is InChI=1S/C18H38N4O3S/c1-4-10-18(23,11-5-2)15-21-17(19-6-3)20-12-13-26(24,25)22-14-16-8-7-9-16/h16,22-23H,4-15H2,1-3H3,(H2,19,20,21). The highest BCUT2D eigenvalue weighted by Crippen LogP contribution is 2.25. The number of aliphatic imine (C=N–C) groups is 1. The van der Waals surface area contributed by atoms with E-state index in [9.17, 15) is 13.5 Å². The molecule has 1 aliphatic carbocycles. The van der Waals surface area contributed by atoms with Crippen molar-refractivity contribution < 1.29 is 13.5 Å². The average Bonchev–Trinajstić information content (AvgIpc) is 2.51. The maximum absolute atomic E-state index is 12.1. The van der Waals surface area contributed by atoms with Gasteiger partial charge in [-0.05, 0) is 38.5 Å². The lowest BCUT2D eigenvalue weighted by molar-refractivity contribution is 0.0306. The van der Waals surface area contributed by atoms with Crippen molar-refractivity contribution in [1.82, 2.24) is 15.4 Å². The number of rotatable bonds is 13. The lowest BCUT2D eigenvalue weighted by atomic mass is 9.86. The zero-order chi connectivity index (χ0) is 19.5. The summed E-state index contributed by atoms with van der Waals surface area (Å²) in [5.74, 6) is 1.07. The molecule has 0 amide bonds. The molecule has 0 bridgehead atoms. The number of sulfonamides is 1. The lowest BCUT2D eigenvalue weighted by Crippen LogP contribution is -2.43. The van der Waals surface area contributed by atoms with Crippen LogP contribution < -0.4 is 15.4 Å². The molecule has 0 aromatic heterocycles. The van der Waals surface area contributed by atoms with Gasteiger partial charge in [-0.25, -0.2) is 13.1 Å². The van der Waals surface area contributed by atoms with E-state index in [-0.39, 0.29) is 12.3 Å². The Morgan fingerprint density at radius 3 is 2.31 bits per heavy atom. The van der Waals surface area contributed by atoms with E-state index in [4.69, 9.17) is 0 Å². The molecule has 1 aliphatic rings. The SMILES string of the molecule is CCCC(O)(CCC)CN=C(NCC)NCCS(=O)(=O)NCC1CCC1. The van der Waals surface area contributed by atoms with Crippen molar-refractivity contribution in [3.05, 3.63) is 0 Å². The van der Waals surface area contributed by atoms with Crippen molar-refractivity contribution in [2.24, 2.45) is 10.9 Å². The summed E-state index contributed by atoms with van der Waals surface area (Å²) in [5, 5.41) is 16.8. The molecule has 0 atom stereocenters. The highest BCUT2D eigenvalue weighted by molar-refractivity contribution is 7.89. The van der Waals surface area contributed by atoms with E-state index in [0.29, 0.717) is 44.4 Å². The second-order valence-corrected chi connectivity index (χ2v) is 9.24. The molecule has 4 N–H and O–H groups in total. The van der Waals surface area contributed by atoms with E-state index in [1.54, 1.807) is 0 Å². The molecule has 0 radical (unpaired) electrons. The fraction of sp³-hybridized carbons (Fsp3) is 0.944. The van der Waals surface area contributed by atoms with Gasteiger partial charge in [0.2, 0.25) is 10.0 Å². The molecule has 0 unspecified atom stereocenters. The highest BCUT2D eigenvalue weighted by Gasteiger charge is 2.24. The average molecular weight is 391 g/mol. The predicted octanol–water partition coefficient (Wildman–Crippen LogP) is 1.59. The van der Waals surface area contributed by atoms with E-state index < -0.39 is 15.6 Å². The van der Waals surface area contributed by atoms with Crippen molar-refractivity contribution in [2.75, 3.05) is 31.9 Å². The summed E-state index contributed by atoms with van der Waals surface area (Å²) in [5.41, 5.74) is -0.789. The van der Waals surface area contributed by atoms with E-state index in [1.165, 1.54) is 6.42 Å². The molecule has 0 aromatic carbocycles. The summed E-state index contributed by atoms with van der Waals surface area (Å²) in [6.07, 6.45) is 6.68. The minimum atomic E-state index is -3.27. The van der Waals surface area contributed by atoms with Crippen LogP contribution in [-0.2, 0) is 10.0 Å². The molecular formula is C18H38N4O3S. The molecule has 0 spiro atoms. The van der Waals surface area contributed by atoms with Crippen molar-refractivity contribution in [2.45, 2.75) is 71.3 Å². The smallest absolute Gasteiger partial charge is 0.213 e. The van der Waals surface area contributed by atoms with Crippen LogP contribution in [0, 0.1) is 5.92 Å². The Morgan fingerprint density at radius 1 is 1.15 bits per heavy atom. The lowest BCUT2D eigenvalue weighted by Gasteiger charge is -2.26. The van der Waals surface area contributed by atoms with Gasteiger partial charge < -0.3 is 15.7 Å². The number of hydrogen-bond donors (Lipinski definition) is 4. The molecule has 0 aliphatic heterocycles. The maximum atomic E-state index is 12.1. The molecule has 26 heavy (non-hydrogen) atoms. The summed E-state index contributed by atoms with van der Waals surface area (Å²) in [6, 6.07) is 0. The monoisotopic (exact) mass is 390 g/mol. The first-order valence-corrected chi connectivity index (χ1v) is 11.7. The Labute approximate surface area is 159 Å². The molecular weight excluding hydrogens is 352 g/mol. The van der Waals surface area contributed by atoms with Crippen LogP contribution in [0.3, 0.4) is 0 Å². The van der Waals surface area contributed by atoms with E-state index in [0.717, 1.165) is 25.7 Å². The first kappa shape index (κ1) is 23.2. The Morgan fingerprint density at radius 2 is 1.81 bits per heavy atom. The van der Waals surface area contributed by atoms with E-state index in [2.05, 4.69) is 34.2 Å².